The molecular weight excluding hydrogens is 694 g/mol. The van der Waals surface area contributed by atoms with Crippen molar-refractivity contribution in [1.82, 2.24) is 4.90 Å². The molecule has 290 valence electrons. The molecule has 1 heterocycles. The van der Waals surface area contributed by atoms with E-state index in [1.165, 1.54) is 7.11 Å². The third-order valence-electron chi connectivity index (χ3n) is 10.1. The summed E-state index contributed by atoms with van der Waals surface area (Å²) in [5.74, 6) is 0.387. The van der Waals surface area contributed by atoms with Crippen LogP contribution >= 0.6 is 0 Å². The Morgan fingerprint density at radius 2 is 1.54 bits per heavy atom. The lowest BCUT2D eigenvalue weighted by Crippen LogP contribution is -2.51. The van der Waals surface area contributed by atoms with Crippen LogP contribution in [0.5, 0.6) is 34.5 Å². The van der Waals surface area contributed by atoms with Gasteiger partial charge in [0.15, 0.2) is 29.6 Å². The standard InChI is InChI=1S/C42H51NO11/c1-48-34-20-18-27(22-35(34)49-2)17-19-33(29-14-11-15-31(23-29)53-26-38(44)45)54-42(47)32-16-9-10-21-43(32)41(46)39(28-12-7-6-8-13-28)30-24-36(50-3)40(52-5)37(25-30)51-4/h7,11-12,14-15,18,20,22-25,28,32-33,39H,6,8-10,13,16-17,19,21,26H2,1-5H3,(H,44,45)/t28-,32?,33-,39?/m1/s1. The summed E-state index contributed by atoms with van der Waals surface area (Å²) in [5, 5.41) is 9.18. The number of benzene rings is 3. The van der Waals surface area contributed by atoms with Crippen LogP contribution in [0, 0.1) is 5.92 Å². The van der Waals surface area contributed by atoms with E-state index in [0.29, 0.717) is 65.9 Å². The highest BCUT2D eigenvalue weighted by Gasteiger charge is 2.41. The first-order chi connectivity index (χ1) is 26.2. The maximum Gasteiger partial charge on any atom is 0.341 e. The number of rotatable bonds is 17. The van der Waals surface area contributed by atoms with Crippen LogP contribution in [-0.4, -0.2) is 82.6 Å². The van der Waals surface area contributed by atoms with Gasteiger partial charge in [0.2, 0.25) is 11.7 Å². The minimum atomic E-state index is -1.10. The third kappa shape index (κ3) is 9.58. The molecule has 4 atom stereocenters. The number of nitrogens with zero attached hydrogens (tertiary/aromatic N) is 1. The number of aryl methyl sites for hydroxylation is 1. The van der Waals surface area contributed by atoms with Crippen LogP contribution in [0.15, 0.2) is 66.7 Å². The maximum atomic E-state index is 14.9. The number of aliphatic carboxylic acids is 1. The van der Waals surface area contributed by atoms with Gasteiger partial charge in [-0.05, 0) is 110 Å². The lowest BCUT2D eigenvalue weighted by molar-refractivity contribution is -0.163. The molecule has 0 radical (unpaired) electrons. The molecule has 12 heteroatoms. The number of carbonyl (C=O) groups excluding carboxylic acids is 2. The van der Waals surface area contributed by atoms with Gasteiger partial charge in [0, 0.05) is 6.54 Å². The van der Waals surface area contributed by atoms with Crippen LogP contribution in [-0.2, 0) is 25.5 Å². The molecule has 2 unspecified atom stereocenters. The van der Waals surface area contributed by atoms with E-state index < -0.39 is 36.6 Å². The zero-order valence-electron chi connectivity index (χ0n) is 31.7. The number of carboxylic acid groups (broad SMARTS) is 1. The summed E-state index contributed by atoms with van der Waals surface area (Å²) in [5.41, 5.74) is 2.30. The minimum absolute atomic E-state index is 0.101. The van der Waals surface area contributed by atoms with Crippen molar-refractivity contribution in [2.45, 2.75) is 69.4 Å². The zero-order chi connectivity index (χ0) is 38.6. The summed E-state index contributed by atoms with van der Waals surface area (Å²) in [7, 11) is 7.78. The van der Waals surface area contributed by atoms with Gasteiger partial charge in [0.25, 0.3) is 0 Å². The normalized spacial score (nSPS) is 17.8. The molecule has 12 nitrogen and oxygen atoms in total. The van der Waals surface area contributed by atoms with E-state index in [9.17, 15) is 19.5 Å². The van der Waals surface area contributed by atoms with Gasteiger partial charge < -0.3 is 43.2 Å². The summed E-state index contributed by atoms with van der Waals surface area (Å²) in [6.45, 7) is -0.104. The van der Waals surface area contributed by atoms with Crippen LogP contribution in [0.2, 0.25) is 0 Å². The molecule has 2 aliphatic rings. The Bertz CT molecular complexity index is 1760. The van der Waals surface area contributed by atoms with Crippen LogP contribution in [0.4, 0.5) is 0 Å². The first kappa shape index (κ1) is 39.8. The largest absolute Gasteiger partial charge is 0.493 e. The number of carbonyl (C=O) groups is 3. The van der Waals surface area contributed by atoms with E-state index in [2.05, 4.69) is 12.2 Å². The average Bonchev–Trinajstić information content (AvgIpc) is 3.21. The van der Waals surface area contributed by atoms with Gasteiger partial charge in [-0.1, -0.05) is 30.4 Å². The summed E-state index contributed by atoms with van der Waals surface area (Å²) in [6.07, 6.45) is 9.07. The van der Waals surface area contributed by atoms with Crippen LogP contribution in [0.1, 0.15) is 73.7 Å². The topological polar surface area (TPSA) is 139 Å². The predicted molar refractivity (Wildman–Crippen MR) is 201 cm³/mol. The number of hydrogen-bond donors (Lipinski definition) is 1. The third-order valence-corrected chi connectivity index (χ3v) is 10.1. The second-order valence-corrected chi connectivity index (χ2v) is 13.4. The Morgan fingerprint density at radius 1 is 0.796 bits per heavy atom. The summed E-state index contributed by atoms with van der Waals surface area (Å²) in [6, 6.07) is 15.4. The Hall–Kier alpha value is -5.39. The molecule has 1 aliphatic carbocycles. The summed E-state index contributed by atoms with van der Waals surface area (Å²) in [4.78, 5) is 42.2. The summed E-state index contributed by atoms with van der Waals surface area (Å²) < 4.78 is 39.6. The Labute approximate surface area is 316 Å². The molecule has 5 rings (SSSR count). The number of amides is 1. The molecule has 0 aromatic heterocycles. The van der Waals surface area contributed by atoms with Crippen molar-refractivity contribution < 1.29 is 52.6 Å². The van der Waals surface area contributed by atoms with Crippen LogP contribution in [0.3, 0.4) is 0 Å². The molecule has 0 spiro atoms. The lowest BCUT2D eigenvalue weighted by Gasteiger charge is -2.39. The van der Waals surface area contributed by atoms with Crippen molar-refractivity contribution >= 4 is 17.8 Å². The molecule has 1 amide bonds. The van der Waals surface area contributed by atoms with Gasteiger partial charge in [-0.15, -0.1) is 0 Å². The van der Waals surface area contributed by atoms with Crippen molar-refractivity contribution in [1.29, 1.82) is 0 Å². The maximum absolute atomic E-state index is 14.9. The van der Waals surface area contributed by atoms with Gasteiger partial charge in [0.1, 0.15) is 17.9 Å². The van der Waals surface area contributed by atoms with E-state index in [0.717, 1.165) is 43.2 Å². The highest BCUT2D eigenvalue weighted by Crippen LogP contribution is 2.44. The van der Waals surface area contributed by atoms with E-state index in [1.807, 2.05) is 36.4 Å². The highest BCUT2D eigenvalue weighted by molar-refractivity contribution is 5.90. The molecule has 54 heavy (non-hydrogen) atoms. The van der Waals surface area contributed by atoms with E-state index >= 15 is 0 Å². The monoisotopic (exact) mass is 745 g/mol. The molecule has 3 aromatic rings. The van der Waals surface area contributed by atoms with Crippen molar-refractivity contribution in [2.75, 3.05) is 48.7 Å². The van der Waals surface area contributed by atoms with Gasteiger partial charge in [0.05, 0.1) is 41.5 Å². The van der Waals surface area contributed by atoms with Crippen molar-refractivity contribution in [3.63, 3.8) is 0 Å². The van der Waals surface area contributed by atoms with Gasteiger partial charge in [-0.2, -0.15) is 0 Å². The number of carboxylic acids is 1. The molecule has 0 bridgehead atoms. The number of allylic oxidation sites excluding steroid dienone is 2. The fourth-order valence-electron chi connectivity index (χ4n) is 7.39. The SMILES string of the molecule is COc1ccc(CC[C@@H](OC(=O)C2CCCCN2C(=O)C(c2cc(OC)c(OC)c(OC)c2)[C@@H]2C=CCCC2)c2cccc(OCC(=O)O)c2)cc1OC. The van der Waals surface area contributed by atoms with Crippen molar-refractivity contribution in [3.8, 4) is 34.5 Å². The molecule has 3 aromatic carbocycles. The van der Waals surface area contributed by atoms with Crippen molar-refractivity contribution in [3.05, 3.63) is 83.4 Å². The van der Waals surface area contributed by atoms with Gasteiger partial charge >= 0.3 is 11.9 Å². The van der Waals surface area contributed by atoms with Crippen molar-refractivity contribution in [2.24, 2.45) is 5.92 Å². The van der Waals surface area contributed by atoms with Gasteiger partial charge in [-0.25, -0.2) is 9.59 Å². The number of ether oxygens (including phenoxy) is 7. The van der Waals surface area contributed by atoms with Crippen LogP contribution < -0.4 is 28.4 Å². The first-order valence-electron chi connectivity index (χ1n) is 18.3. The highest BCUT2D eigenvalue weighted by atomic mass is 16.5. The number of methoxy groups -OCH3 is 5. The Kier molecular flexibility index (Phi) is 14.1. The number of likely N-dealkylation sites (tertiary alicyclic amines) is 1. The molecule has 1 N–H and O–H groups in total. The molecular formula is C42H51NO11. The smallest absolute Gasteiger partial charge is 0.341 e. The Balaban J connectivity index is 1.46. The van der Waals surface area contributed by atoms with Gasteiger partial charge in [-0.3, -0.25) is 4.79 Å². The molecule has 0 saturated carbocycles. The first-order valence-corrected chi connectivity index (χ1v) is 18.3. The average molecular weight is 746 g/mol. The second-order valence-electron chi connectivity index (χ2n) is 13.4. The van der Waals surface area contributed by atoms with E-state index in [1.54, 1.807) is 51.5 Å². The fraction of sp³-hybridized carbons (Fsp3) is 0.452. The minimum Gasteiger partial charge on any atom is -0.493 e. The molecule has 1 saturated heterocycles. The second kappa shape index (κ2) is 19.1. The Morgan fingerprint density at radius 3 is 2.19 bits per heavy atom. The van der Waals surface area contributed by atoms with Crippen LogP contribution in [0.25, 0.3) is 0 Å². The number of esters is 1. The predicted octanol–water partition coefficient (Wildman–Crippen LogP) is 6.93. The quantitative estimate of drug-likeness (QED) is 0.114. The number of hydrogen-bond acceptors (Lipinski definition) is 10. The summed E-state index contributed by atoms with van der Waals surface area (Å²) >= 11 is 0. The molecule has 1 fully saturated rings. The lowest BCUT2D eigenvalue weighted by atomic mass is 9.78. The fourth-order valence-corrected chi connectivity index (χ4v) is 7.39. The molecule has 1 aliphatic heterocycles. The number of piperidine rings is 1. The zero-order valence-corrected chi connectivity index (χ0v) is 31.7. The van der Waals surface area contributed by atoms with E-state index in [4.69, 9.17) is 33.2 Å². The van der Waals surface area contributed by atoms with E-state index in [-0.39, 0.29) is 11.8 Å².